The topological polar surface area (TPSA) is 70.1 Å². The standard InChI is InChI=1S/C15H13N3O2/c1-20-14-7-6-10(8-12(14)16)18-9-17-15(19)11-4-2-3-5-13(11)18/h2-9H,16H2,1H3. The van der Waals surface area contributed by atoms with Gasteiger partial charge in [0.15, 0.2) is 0 Å². The zero-order valence-corrected chi connectivity index (χ0v) is 10.9. The molecule has 0 radical (unpaired) electrons. The Morgan fingerprint density at radius 1 is 1.20 bits per heavy atom. The van der Waals surface area contributed by atoms with Crippen molar-refractivity contribution in [1.29, 1.82) is 0 Å². The molecule has 0 unspecified atom stereocenters. The molecule has 0 amide bonds. The van der Waals surface area contributed by atoms with E-state index >= 15 is 0 Å². The third-order valence-corrected chi connectivity index (χ3v) is 3.18. The Morgan fingerprint density at radius 3 is 2.75 bits per heavy atom. The van der Waals surface area contributed by atoms with Crippen molar-refractivity contribution in [1.82, 2.24) is 9.55 Å². The quantitative estimate of drug-likeness (QED) is 0.721. The lowest BCUT2D eigenvalue weighted by atomic mass is 10.2. The van der Waals surface area contributed by atoms with E-state index in [4.69, 9.17) is 10.5 Å². The first-order chi connectivity index (χ1) is 9.70. The maximum atomic E-state index is 11.8. The van der Waals surface area contributed by atoms with Gasteiger partial charge in [-0.1, -0.05) is 12.1 Å². The van der Waals surface area contributed by atoms with Crippen LogP contribution in [0.3, 0.4) is 0 Å². The highest BCUT2D eigenvalue weighted by Gasteiger charge is 2.07. The van der Waals surface area contributed by atoms with Gasteiger partial charge in [-0.05, 0) is 30.3 Å². The fourth-order valence-corrected chi connectivity index (χ4v) is 2.18. The summed E-state index contributed by atoms with van der Waals surface area (Å²) in [6.07, 6.45) is 1.51. The third-order valence-electron chi connectivity index (χ3n) is 3.18. The number of benzene rings is 2. The highest BCUT2D eigenvalue weighted by atomic mass is 16.5. The van der Waals surface area contributed by atoms with Crippen LogP contribution in [0.15, 0.2) is 53.6 Å². The molecule has 3 aromatic rings. The Morgan fingerprint density at radius 2 is 2.00 bits per heavy atom. The largest absolute Gasteiger partial charge is 0.495 e. The molecule has 1 heterocycles. The third kappa shape index (κ3) is 1.89. The molecular weight excluding hydrogens is 254 g/mol. The summed E-state index contributed by atoms with van der Waals surface area (Å²) < 4.78 is 6.97. The van der Waals surface area contributed by atoms with Crippen LogP contribution in [0.4, 0.5) is 5.69 Å². The molecule has 5 nitrogen and oxygen atoms in total. The van der Waals surface area contributed by atoms with Gasteiger partial charge in [-0.15, -0.1) is 0 Å². The predicted octanol–water partition coefficient (Wildman–Crippen LogP) is 1.98. The van der Waals surface area contributed by atoms with E-state index < -0.39 is 0 Å². The maximum Gasteiger partial charge on any atom is 0.280 e. The van der Waals surface area contributed by atoms with Crippen LogP contribution < -0.4 is 16.0 Å². The zero-order valence-electron chi connectivity index (χ0n) is 10.9. The number of nitrogens with zero attached hydrogens (tertiary/aromatic N) is 2. The summed E-state index contributed by atoms with van der Waals surface area (Å²) in [5, 5.41) is 0.574. The van der Waals surface area contributed by atoms with Crippen LogP contribution in [-0.2, 0) is 0 Å². The molecule has 100 valence electrons. The van der Waals surface area contributed by atoms with E-state index in [0.29, 0.717) is 16.8 Å². The number of anilines is 1. The van der Waals surface area contributed by atoms with Crippen LogP contribution in [0.25, 0.3) is 16.6 Å². The van der Waals surface area contributed by atoms with Gasteiger partial charge in [0.25, 0.3) is 5.56 Å². The number of para-hydroxylation sites is 1. The predicted molar refractivity (Wildman–Crippen MR) is 78.3 cm³/mol. The van der Waals surface area contributed by atoms with Crippen LogP contribution in [0.2, 0.25) is 0 Å². The fourth-order valence-electron chi connectivity index (χ4n) is 2.18. The lowest BCUT2D eigenvalue weighted by Gasteiger charge is -2.12. The second kappa shape index (κ2) is 4.70. The molecule has 0 aliphatic carbocycles. The van der Waals surface area contributed by atoms with Crippen molar-refractivity contribution in [2.75, 3.05) is 12.8 Å². The number of fused-ring (bicyclic) bond motifs is 1. The molecule has 0 fully saturated rings. The second-order valence-electron chi connectivity index (χ2n) is 4.36. The van der Waals surface area contributed by atoms with E-state index in [1.165, 1.54) is 6.33 Å². The average molecular weight is 267 g/mol. The Hall–Kier alpha value is -2.82. The van der Waals surface area contributed by atoms with E-state index in [-0.39, 0.29) is 5.56 Å². The minimum atomic E-state index is -0.238. The molecule has 0 saturated carbocycles. The number of hydrogen-bond donors (Lipinski definition) is 1. The Bertz CT molecular complexity index is 840. The van der Waals surface area contributed by atoms with Gasteiger partial charge in [-0.2, -0.15) is 4.98 Å². The van der Waals surface area contributed by atoms with Gasteiger partial charge in [-0.3, -0.25) is 4.79 Å². The zero-order chi connectivity index (χ0) is 14.1. The molecule has 3 rings (SSSR count). The molecule has 0 saturated heterocycles. The van der Waals surface area contributed by atoms with Gasteiger partial charge in [0.2, 0.25) is 0 Å². The minimum Gasteiger partial charge on any atom is -0.495 e. The highest BCUT2D eigenvalue weighted by molar-refractivity contribution is 5.79. The van der Waals surface area contributed by atoms with Gasteiger partial charge >= 0.3 is 0 Å². The first-order valence-electron chi connectivity index (χ1n) is 6.11. The van der Waals surface area contributed by atoms with Crippen molar-refractivity contribution in [3.05, 3.63) is 59.1 Å². The first-order valence-corrected chi connectivity index (χ1v) is 6.11. The van der Waals surface area contributed by atoms with E-state index in [1.807, 2.05) is 28.8 Å². The monoisotopic (exact) mass is 267 g/mol. The van der Waals surface area contributed by atoms with Crippen molar-refractivity contribution >= 4 is 16.6 Å². The second-order valence-corrected chi connectivity index (χ2v) is 4.36. The molecule has 1 aromatic heterocycles. The lowest BCUT2D eigenvalue weighted by molar-refractivity contribution is 0.417. The summed E-state index contributed by atoms with van der Waals surface area (Å²) in [7, 11) is 1.57. The van der Waals surface area contributed by atoms with Crippen molar-refractivity contribution < 1.29 is 4.74 Å². The molecule has 0 spiro atoms. The van der Waals surface area contributed by atoms with Crippen LogP contribution in [-0.4, -0.2) is 16.7 Å². The van der Waals surface area contributed by atoms with E-state index in [2.05, 4.69) is 4.98 Å². The fraction of sp³-hybridized carbons (Fsp3) is 0.0667. The van der Waals surface area contributed by atoms with Gasteiger partial charge in [0.05, 0.1) is 23.7 Å². The first kappa shape index (κ1) is 12.2. The van der Waals surface area contributed by atoms with Gasteiger partial charge in [-0.25, -0.2) is 0 Å². The lowest BCUT2D eigenvalue weighted by Crippen LogP contribution is -2.11. The molecule has 2 N–H and O–H groups in total. The highest BCUT2D eigenvalue weighted by Crippen LogP contribution is 2.25. The van der Waals surface area contributed by atoms with Gasteiger partial charge in [0.1, 0.15) is 12.1 Å². The normalized spacial score (nSPS) is 10.7. The van der Waals surface area contributed by atoms with Crippen LogP contribution in [0.5, 0.6) is 5.75 Å². The van der Waals surface area contributed by atoms with Crippen LogP contribution >= 0.6 is 0 Å². The van der Waals surface area contributed by atoms with Crippen molar-refractivity contribution in [3.8, 4) is 11.4 Å². The molecule has 0 bridgehead atoms. The number of rotatable bonds is 2. The number of methoxy groups -OCH3 is 1. The number of aromatic nitrogens is 2. The summed E-state index contributed by atoms with van der Waals surface area (Å²) in [6.45, 7) is 0. The molecule has 0 aliphatic rings. The van der Waals surface area contributed by atoms with Crippen LogP contribution in [0, 0.1) is 0 Å². The van der Waals surface area contributed by atoms with Crippen molar-refractivity contribution in [3.63, 3.8) is 0 Å². The Kier molecular flexibility index (Phi) is 2.87. The summed E-state index contributed by atoms with van der Waals surface area (Å²) >= 11 is 0. The summed E-state index contributed by atoms with van der Waals surface area (Å²) in [5.74, 6) is 0.618. The van der Waals surface area contributed by atoms with Crippen molar-refractivity contribution in [2.45, 2.75) is 0 Å². The minimum absolute atomic E-state index is 0.238. The summed E-state index contributed by atoms with van der Waals surface area (Å²) in [4.78, 5) is 15.7. The Balaban J connectivity index is 2.27. The van der Waals surface area contributed by atoms with E-state index in [9.17, 15) is 4.79 Å². The number of nitrogen functional groups attached to an aromatic ring is 1. The van der Waals surface area contributed by atoms with Gasteiger partial charge in [0, 0.05) is 5.69 Å². The van der Waals surface area contributed by atoms with E-state index in [0.717, 1.165) is 11.2 Å². The molecule has 0 aliphatic heterocycles. The average Bonchev–Trinajstić information content (AvgIpc) is 2.48. The molecule has 20 heavy (non-hydrogen) atoms. The summed E-state index contributed by atoms with van der Waals surface area (Å²) in [5.41, 5.74) is 7.83. The molecule has 5 heteroatoms. The smallest absolute Gasteiger partial charge is 0.280 e. The van der Waals surface area contributed by atoms with Crippen LogP contribution in [0.1, 0.15) is 0 Å². The molecule has 0 atom stereocenters. The summed E-state index contributed by atoms with van der Waals surface area (Å²) in [6, 6.07) is 12.8. The number of ether oxygens (including phenoxy) is 1. The molecular formula is C15H13N3O2. The number of hydrogen-bond acceptors (Lipinski definition) is 4. The van der Waals surface area contributed by atoms with E-state index in [1.54, 1.807) is 25.3 Å². The Labute approximate surface area is 115 Å². The van der Waals surface area contributed by atoms with Gasteiger partial charge < -0.3 is 15.0 Å². The maximum absolute atomic E-state index is 11.8. The molecule has 2 aromatic carbocycles. The SMILES string of the molecule is COc1ccc(-n2cnc(=O)c3ccccc32)cc1N. The number of nitrogens with two attached hydrogens (primary N) is 1. The van der Waals surface area contributed by atoms with Crippen molar-refractivity contribution in [2.24, 2.45) is 0 Å².